The Morgan fingerprint density at radius 1 is 1.17 bits per heavy atom. The molecule has 0 aliphatic carbocycles. The number of nitrogens with zero attached hydrogens (tertiary/aromatic N) is 1. The fraction of sp³-hybridized carbons (Fsp3) is 0.438. The molecule has 0 bridgehead atoms. The van der Waals surface area contributed by atoms with Crippen LogP contribution in [0.5, 0.6) is 0 Å². The topological polar surface area (TPSA) is 95.9 Å². The molecule has 1 saturated heterocycles. The maximum atomic E-state index is 12.0. The highest BCUT2D eigenvalue weighted by molar-refractivity contribution is 5.95. The molecule has 1 aromatic rings. The van der Waals surface area contributed by atoms with Crippen LogP contribution in [0.15, 0.2) is 24.3 Å². The maximum absolute atomic E-state index is 12.0. The molecule has 23 heavy (non-hydrogen) atoms. The van der Waals surface area contributed by atoms with Crippen LogP contribution in [-0.2, 0) is 9.53 Å². The molecule has 1 aliphatic heterocycles. The van der Waals surface area contributed by atoms with Crippen molar-refractivity contribution in [2.75, 3.05) is 20.6 Å². The van der Waals surface area contributed by atoms with E-state index in [1.165, 1.54) is 29.2 Å². The normalized spacial score (nSPS) is 20.1. The minimum Gasteiger partial charge on any atom is -0.478 e. The molecule has 0 radical (unpaired) electrons. The summed E-state index contributed by atoms with van der Waals surface area (Å²) >= 11 is 0. The van der Waals surface area contributed by atoms with Gasteiger partial charge in [0.2, 0.25) is 0 Å². The van der Waals surface area contributed by atoms with Crippen LogP contribution in [-0.4, -0.2) is 60.6 Å². The molecule has 0 spiro atoms. The van der Waals surface area contributed by atoms with Gasteiger partial charge in [0.1, 0.15) is 6.10 Å². The van der Waals surface area contributed by atoms with Crippen LogP contribution in [0.1, 0.15) is 33.6 Å². The fourth-order valence-electron chi connectivity index (χ4n) is 2.40. The number of nitrogens with one attached hydrogen (secondary N) is 1. The van der Waals surface area contributed by atoms with Gasteiger partial charge >= 0.3 is 5.97 Å². The Kier molecular flexibility index (Phi) is 5.33. The Morgan fingerprint density at radius 3 is 2.35 bits per heavy atom. The third-order valence-electron chi connectivity index (χ3n) is 3.71. The number of ether oxygens (including phenoxy) is 1. The summed E-state index contributed by atoms with van der Waals surface area (Å²) in [7, 11) is 3.36. The van der Waals surface area contributed by atoms with E-state index in [4.69, 9.17) is 9.84 Å². The summed E-state index contributed by atoms with van der Waals surface area (Å²) in [4.78, 5) is 36.1. The zero-order chi connectivity index (χ0) is 17.0. The van der Waals surface area contributed by atoms with E-state index in [2.05, 4.69) is 5.32 Å². The van der Waals surface area contributed by atoms with Crippen molar-refractivity contribution in [1.82, 2.24) is 10.2 Å². The Morgan fingerprint density at radius 2 is 1.78 bits per heavy atom. The van der Waals surface area contributed by atoms with Gasteiger partial charge in [-0.25, -0.2) is 4.79 Å². The monoisotopic (exact) mass is 320 g/mol. The minimum absolute atomic E-state index is 0.0666. The van der Waals surface area contributed by atoms with Crippen LogP contribution in [0.3, 0.4) is 0 Å². The van der Waals surface area contributed by atoms with Gasteiger partial charge in [-0.1, -0.05) is 0 Å². The number of hydrogen-bond acceptors (Lipinski definition) is 4. The van der Waals surface area contributed by atoms with E-state index < -0.39 is 12.1 Å². The van der Waals surface area contributed by atoms with Gasteiger partial charge in [-0.3, -0.25) is 9.59 Å². The number of benzene rings is 1. The van der Waals surface area contributed by atoms with Crippen LogP contribution >= 0.6 is 0 Å². The van der Waals surface area contributed by atoms with E-state index in [0.29, 0.717) is 24.9 Å². The molecule has 1 aromatic carbocycles. The lowest BCUT2D eigenvalue weighted by Crippen LogP contribution is -2.36. The molecule has 124 valence electrons. The van der Waals surface area contributed by atoms with Crippen LogP contribution in [0.2, 0.25) is 0 Å². The number of carbonyl (C=O) groups excluding carboxylic acids is 2. The van der Waals surface area contributed by atoms with Gasteiger partial charge < -0.3 is 20.1 Å². The number of rotatable bonds is 5. The average molecular weight is 320 g/mol. The van der Waals surface area contributed by atoms with Crippen molar-refractivity contribution in [3.05, 3.63) is 35.4 Å². The van der Waals surface area contributed by atoms with Crippen molar-refractivity contribution in [3.8, 4) is 0 Å². The predicted molar refractivity (Wildman–Crippen MR) is 82.3 cm³/mol. The summed E-state index contributed by atoms with van der Waals surface area (Å²) in [6.07, 6.45) is 0.723. The summed E-state index contributed by atoms with van der Waals surface area (Å²) in [5.74, 6) is -1.40. The van der Waals surface area contributed by atoms with Gasteiger partial charge in [0, 0.05) is 26.2 Å². The quantitative estimate of drug-likeness (QED) is 0.834. The molecule has 7 heteroatoms. The largest absolute Gasteiger partial charge is 0.478 e. The molecule has 2 amide bonds. The molecule has 2 N–H and O–H groups in total. The van der Waals surface area contributed by atoms with E-state index in [0.717, 1.165) is 0 Å². The molecule has 0 aromatic heterocycles. The van der Waals surface area contributed by atoms with Crippen molar-refractivity contribution < 1.29 is 24.2 Å². The first-order chi connectivity index (χ1) is 10.9. The lowest BCUT2D eigenvalue weighted by atomic mass is 10.1. The van der Waals surface area contributed by atoms with E-state index in [1.807, 2.05) is 0 Å². The van der Waals surface area contributed by atoms with Crippen LogP contribution < -0.4 is 5.32 Å². The van der Waals surface area contributed by atoms with Gasteiger partial charge in [0.05, 0.1) is 11.7 Å². The predicted octanol–water partition coefficient (Wildman–Crippen LogP) is 0.750. The second kappa shape index (κ2) is 7.23. The summed E-state index contributed by atoms with van der Waals surface area (Å²) in [5.41, 5.74) is 0.514. The zero-order valence-electron chi connectivity index (χ0n) is 13.1. The van der Waals surface area contributed by atoms with Crippen molar-refractivity contribution in [1.29, 1.82) is 0 Å². The second-order valence-corrected chi connectivity index (χ2v) is 5.65. The van der Waals surface area contributed by atoms with Crippen molar-refractivity contribution in [3.63, 3.8) is 0 Å². The fourth-order valence-corrected chi connectivity index (χ4v) is 2.40. The highest BCUT2D eigenvalue weighted by Crippen LogP contribution is 2.20. The number of hydrogen-bond donors (Lipinski definition) is 2. The summed E-state index contributed by atoms with van der Waals surface area (Å²) < 4.78 is 5.64. The standard InChI is InChI=1S/C16H20N2O5/c1-18(2)15(20)13-8-7-12(23-13)9-17-14(19)10-3-5-11(6-4-10)16(21)22/h3-6,12-13H,7-9H2,1-2H3,(H,17,19)(H,21,22). The minimum atomic E-state index is -1.03. The Balaban J connectivity index is 1.83. The lowest BCUT2D eigenvalue weighted by molar-refractivity contribution is -0.140. The zero-order valence-corrected chi connectivity index (χ0v) is 13.1. The van der Waals surface area contributed by atoms with Gasteiger partial charge in [0.15, 0.2) is 0 Å². The number of likely N-dealkylation sites (N-methyl/N-ethyl adjacent to an activating group) is 1. The van der Waals surface area contributed by atoms with E-state index >= 15 is 0 Å². The molecule has 2 unspecified atom stereocenters. The molecule has 1 heterocycles. The van der Waals surface area contributed by atoms with Gasteiger partial charge in [-0.2, -0.15) is 0 Å². The smallest absolute Gasteiger partial charge is 0.335 e. The van der Waals surface area contributed by atoms with Crippen molar-refractivity contribution in [2.24, 2.45) is 0 Å². The molecule has 7 nitrogen and oxygen atoms in total. The van der Waals surface area contributed by atoms with E-state index in [-0.39, 0.29) is 23.5 Å². The number of amides is 2. The van der Waals surface area contributed by atoms with Gasteiger partial charge in [-0.05, 0) is 37.1 Å². The molecule has 1 aliphatic rings. The van der Waals surface area contributed by atoms with Crippen LogP contribution in [0, 0.1) is 0 Å². The van der Waals surface area contributed by atoms with E-state index in [9.17, 15) is 14.4 Å². The highest BCUT2D eigenvalue weighted by atomic mass is 16.5. The molecular weight excluding hydrogens is 300 g/mol. The molecule has 1 fully saturated rings. The Labute approximate surface area is 134 Å². The van der Waals surface area contributed by atoms with Crippen molar-refractivity contribution >= 4 is 17.8 Å². The van der Waals surface area contributed by atoms with E-state index in [1.54, 1.807) is 14.1 Å². The van der Waals surface area contributed by atoms with Crippen LogP contribution in [0.25, 0.3) is 0 Å². The second-order valence-electron chi connectivity index (χ2n) is 5.65. The average Bonchev–Trinajstić information content (AvgIpc) is 3.00. The first-order valence-corrected chi connectivity index (χ1v) is 7.36. The molecule has 0 saturated carbocycles. The molecular formula is C16H20N2O5. The van der Waals surface area contributed by atoms with Crippen molar-refractivity contribution in [2.45, 2.75) is 25.0 Å². The van der Waals surface area contributed by atoms with Gasteiger partial charge in [0.25, 0.3) is 11.8 Å². The Bertz CT molecular complexity index is 597. The summed E-state index contributed by atoms with van der Waals surface area (Å²) in [5, 5.41) is 11.6. The number of aromatic carboxylic acids is 1. The first-order valence-electron chi connectivity index (χ1n) is 7.36. The van der Waals surface area contributed by atoms with Gasteiger partial charge in [-0.15, -0.1) is 0 Å². The number of carboxylic acids is 1. The summed E-state index contributed by atoms with van der Waals surface area (Å²) in [6.45, 7) is 0.316. The molecule has 2 atom stereocenters. The number of carboxylic acid groups (broad SMARTS) is 1. The number of carbonyl (C=O) groups is 3. The lowest BCUT2D eigenvalue weighted by Gasteiger charge is -2.17. The highest BCUT2D eigenvalue weighted by Gasteiger charge is 2.31. The maximum Gasteiger partial charge on any atom is 0.335 e. The Hall–Kier alpha value is -2.41. The first kappa shape index (κ1) is 17.0. The SMILES string of the molecule is CN(C)C(=O)C1CCC(CNC(=O)c2ccc(C(=O)O)cc2)O1. The third kappa shape index (κ3) is 4.29. The van der Waals surface area contributed by atoms with Crippen LogP contribution in [0.4, 0.5) is 0 Å². The molecule has 2 rings (SSSR count). The summed E-state index contributed by atoms with van der Waals surface area (Å²) in [6, 6.07) is 5.70. The third-order valence-corrected chi connectivity index (χ3v) is 3.71.